The second kappa shape index (κ2) is 6.01. The van der Waals surface area contributed by atoms with Crippen molar-refractivity contribution in [1.29, 1.82) is 0 Å². The molecule has 0 N–H and O–H groups in total. The summed E-state index contributed by atoms with van der Waals surface area (Å²) in [7, 11) is 4.18. The molecule has 17 heavy (non-hydrogen) atoms. The first-order valence-electron chi connectivity index (χ1n) is 6.59. The van der Waals surface area contributed by atoms with Crippen molar-refractivity contribution in [3.63, 3.8) is 0 Å². The second-order valence-electron chi connectivity index (χ2n) is 5.30. The first-order chi connectivity index (χ1) is 8.18. The topological polar surface area (TPSA) is 3.24 Å². The first kappa shape index (κ1) is 13.1. The third-order valence-corrected chi connectivity index (χ3v) is 5.09. The van der Waals surface area contributed by atoms with Gasteiger partial charge in [-0.2, -0.15) is 0 Å². The van der Waals surface area contributed by atoms with Gasteiger partial charge in [0.25, 0.3) is 0 Å². The minimum atomic E-state index is 0.322. The van der Waals surface area contributed by atoms with Gasteiger partial charge < -0.3 is 0 Å². The molecular weight excluding hydrogens is 274 g/mol. The lowest BCUT2D eigenvalue weighted by atomic mass is 9.84. The number of halogens is 1. The second-order valence-corrected chi connectivity index (χ2v) is 6.17. The molecule has 0 radical (unpaired) electrons. The highest BCUT2D eigenvalue weighted by molar-refractivity contribution is 9.09. The van der Waals surface area contributed by atoms with Gasteiger partial charge in [-0.1, -0.05) is 59.5 Å². The van der Waals surface area contributed by atoms with E-state index in [0.29, 0.717) is 4.95 Å². The van der Waals surface area contributed by atoms with E-state index < -0.39 is 0 Å². The summed E-state index contributed by atoms with van der Waals surface area (Å²) >= 11 is 3.70. The Labute approximate surface area is 113 Å². The van der Waals surface area contributed by atoms with E-state index in [-0.39, 0.29) is 0 Å². The summed E-state index contributed by atoms with van der Waals surface area (Å²) in [5.41, 5.74) is 2.88. The third kappa shape index (κ3) is 3.32. The summed E-state index contributed by atoms with van der Waals surface area (Å²) in [6, 6.07) is 9.18. The van der Waals surface area contributed by atoms with E-state index >= 15 is 0 Å². The maximum atomic E-state index is 3.70. The van der Waals surface area contributed by atoms with Crippen LogP contribution in [0.15, 0.2) is 24.3 Å². The SMILES string of the molecule is CN(C)C(Br)c1ccc(C2CCCCC2)cc1. The van der Waals surface area contributed by atoms with Crippen molar-refractivity contribution in [1.82, 2.24) is 4.90 Å². The molecule has 0 saturated heterocycles. The van der Waals surface area contributed by atoms with Crippen LogP contribution in [-0.2, 0) is 0 Å². The molecule has 0 amide bonds. The van der Waals surface area contributed by atoms with Crippen molar-refractivity contribution in [2.75, 3.05) is 14.1 Å². The molecule has 1 unspecified atom stereocenters. The van der Waals surface area contributed by atoms with Crippen molar-refractivity contribution in [3.05, 3.63) is 35.4 Å². The van der Waals surface area contributed by atoms with Crippen LogP contribution in [0.2, 0.25) is 0 Å². The van der Waals surface area contributed by atoms with E-state index in [9.17, 15) is 0 Å². The molecule has 0 spiro atoms. The zero-order chi connectivity index (χ0) is 12.3. The number of rotatable bonds is 3. The molecule has 2 rings (SSSR count). The largest absolute Gasteiger partial charge is 0.293 e. The van der Waals surface area contributed by atoms with Crippen LogP contribution < -0.4 is 0 Å². The van der Waals surface area contributed by atoms with Crippen LogP contribution in [0.1, 0.15) is 54.1 Å². The predicted molar refractivity (Wildman–Crippen MR) is 77.6 cm³/mol. The zero-order valence-corrected chi connectivity index (χ0v) is 12.4. The molecule has 2 heteroatoms. The quantitative estimate of drug-likeness (QED) is 0.578. The summed E-state index contributed by atoms with van der Waals surface area (Å²) < 4.78 is 0. The lowest BCUT2D eigenvalue weighted by Crippen LogP contribution is -2.14. The molecule has 1 atom stereocenters. The summed E-state index contributed by atoms with van der Waals surface area (Å²) in [5.74, 6) is 0.811. The number of hydrogen-bond donors (Lipinski definition) is 0. The van der Waals surface area contributed by atoms with Gasteiger partial charge >= 0.3 is 0 Å². The van der Waals surface area contributed by atoms with Gasteiger partial charge in [0.2, 0.25) is 0 Å². The minimum absolute atomic E-state index is 0.322. The van der Waals surface area contributed by atoms with Crippen LogP contribution in [0.4, 0.5) is 0 Å². The molecular formula is C15H22BrN. The number of benzene rings is 1. The lowest BCUT2D eigenvalue weighted by molar-refractivity contribution is 0.397. The van der Waals surface area contributed by atoms with Gasteiger partial charge in [0.15, 0.2) is 0 Å². The minimum Gasteiger partial charge on any atom is -0.293 e. The average Bonchev–Trinajstić information content (AvgIpc) is 2.39. The number of alkyl halides is 1. The highest BCUT2D eigenvalue weighted by Gasteiger charge is 2.16. The van der Waals surface area contributed by atoms with E-state index in [4.69, 9.17) is 0 Å². The van der Waals surface area contributed by atoms with Crippen molar-refractivity contribution >= 4 is 15.9 Å². The molecule has 0 aliphatic heterocycles. The van der Waals surface area contributed by atoms with Gasteiger partial charge in [0.05, 0.1) is 4.95 Å². The van der Waals surface area contributed by atoms with Crippen LogP contribution >= 0.6 is 15.9 Å². The van der Waals surface area contributed by atoms with Gasteiger partial charge in [-0.05, 0) is 44.0 Å². The number of hydrogen-bond acceptors (Lipinski definition) is 1. The Morgan fingerprint density at radius 1 is 1.06 bits per heavy atom. The predicted octanol–water partition coefficient (Wildman–Crippen LogP) is 4.69. The zero-order valence-electron chi connectivity index (χ0n) is 10.8. The summed E-state index contributed by atoms with van der Waals surface area (Å²) in [5, 5.41) is 0. The lowest BCUT2D eigenvalue weighted by Gasteiger charge is -2.23. The average molecular weight is 296 g/mol. The van der Waals surface area contributed by atoms with Crippen LogP contribution in [0, 0.1) is 0 Å². The van der Waals surface area contributed by atoms with Crippen LogP contribution in [0.25, 0.3) is 0 Å². The van der Waals surface area contributed by atoms with Gasteiger partial charge in [0, 0.05) is 0 Å². The van der Waals surface area contributed by atoms with Crippen molar-refractivity contribution in [3.8, 4) is 0 Å². The molecule has 94 valence electrons. The molecule has 0 aromatic heterocycles. The first-order valence-corrected chi connectivity index (χ1v) is 7.50. The normalized spacial score (nSPS) is 19.5. The molecule has 1 aliphatic carbocycles. The van der Waals surface area contributed by atoms with Crippen molar-refractivity contribution in [2.45, 2.75) is 43.0 Å². The molecule has 0 heterocycles. The van der Waals surface area contributed by atoms with E-state index in [2.05, 4.69) is 59.2 Å². The maximum Gasteiger partial charge on any atom is 0.0906 e. The Bertz CT molecular complexity index is 338. The molecule has 1 nitrogen and oxygen atoms in total. The monoisotopic (exact) mass is 295 g/mol. The maximum absolute atomic E-state index is 3.70. The van der Waals surface area contributed by atoms with Gasteiger partial charge in [-0.25, -0.2) is 0 Å². The molecule has 1 aromatic rings. The van der Waals surface area contributed by atoms with Crippen molar-refractivity contribution < 1.29 is 0 Å². The van der Waals surface area contributed by atoms with Gasteiger partial charge in [0.1, 0.15) is 0 Å². The summed E-state index contributed by atoms with van der Waals surface area (Å²) in [6.07, 6.45) is 7.00. The molecule has 1 saturated carbocycles. The van der Waals surface area contributed by atoms with Crippen LogP contribution in [-0.4, -0.2) is 19.0 Å². The standard InChI is InChI=1S/C15H22BrN/c1-17(2)15(16)14-10-8-13(9-11-14)12-6-4-3-5-7-12/h8-12,15H,3-7H2,1-2H3. The van der Waals surface area contributed by atoms with E-state index in [1.54, 1.807) is 0 Å². The highest BCUT2D eigenvalue weighted by atomic mass is 79.9. The van der Waals surface area contributed by atoms with Gasteiger partial charge in [-0.15, -0.1) is 0 Å². The van der Waals surface area contributed by atoms with E-state index in [1.165, 1.54) is 43.2 Å². The molecule has 1 fully saturated rings. The van der Waals surface area contributed by atoms with Crippen molar-refractivity contribution in [2.24, 2.45) is 0 Å². The fourth-order valence-electron chi connectivity index (χ4n) is 2.66. The summed E-state index contributed by atoms with van der Waals surface area (Å²) in [6.45, 7) is 0. The number of nitrogens with zero attached hydrogens (tertiary/aromatic N) is 1. The Morgan fingerprint density at radius 3 is 2.18 bits per heavy atom. The molecule has 1 aromatic carbocycles. The summed E-state index contributed by atoms with van der Waals surface area (Å²) in [4.78, 5) is 2.50. The van der Waals surface area contributed by atoms with E-state index in [1.807, 2.05) is 0 Å². The van der Waals surface area contributed by atoms with Gasteiger partial charge in [-0.3, -0.25) is 4.90 Å². The van der Waals surface area contributed by atoms with Crippen LogP contribution in [0.3, 0.4) is 0 Å². The van der Waals surface area contributed by atoms with Crippen LogP contribution in [0.5, 0.6) is 0 Å². The Hall–Kier alpha value is -0.340. The fraction of sp³-hybridized carbons (Fsp3) is 0.600. The highest BCUT2D eigenvalue weighted by Crippen LogP contribution is 2.33. The smallest absolute Gasteiger partial charge is 0.0906 e. The Kier molecular flexibility index (Phi) is 4.63. The fourth-order valence-corrected chi connectivity index (χ4v) is 2.97. The molecule has 1 aliphatic rings. The molecule has 0 bridgehead atoms. The third-order valence-electron chi connectivity index (χ3n) is 3.74. The van der Waals surface area contributed by atoms with E-state index in [0.717, 1.165) is 5.92 Å². The Morgan fingerprint density at radius 2 is 1.65 bits per heavy atom. The Balaban J connectivity index is 2.06.